The maximum Gasteiger partial charge on any atom is 0.352 e. The van der Waals surface area contributed by atoms with Gasteiger partial charge in [-0.05, 0) is 12.1 Å². The van der Waals surface area contributed by atoms with Crippen LogP contribution >= 0.6 is 0 Å². The second kappa shape index (κ2) is 7.87. The van der Waals surface area contributed by atoms with Gasteiger partial charge >= 0.3 is 94.1 Å². The maximum absolute atomic E-state index is 11.0. The summed E-state index contributed by atoms with van der Waals surface area (Å²) < 4.78 is 29.9. The van der Waals surface area contributed by atoms with Crippen LogP contribution in [0.25, 0.3) is 0 Å². The predicted octanol–water partition coefficient (Wildman–Crippen LogP) is -0.365. The van der Waals surface area contributed by atoms with E-state index >= 15 is 0 Å². The van der Waals surface area contributed by atoms with Crippen molar-refractivity contribution < 1.29 is 31.7 Å². The van der Waals surface area contributed by atoms with E-state index in [0.29, 0.717) is 5.69 Å². The third-order valence-corrected chi connectivity index (χ3v) is 4.84. The number of hydrogen-bond donors (Lipinski definition) is 5. The van der Waals surface area contributed by atoms with Crippen molar-refractivity contribution in [3.63, 3.8) is 0 Å². The molecule has 0 saturated heterocycles. The Balaban J connectivity index is 0.000000272. The third kappa shape index (κ3) is 5.62. The first-order chi connectivity index (χ1) is 11.0. The molecule has 0 aliphatic rings. The molecule has 10 heteroatoms. The number of amides is 1. The fraction of sp³-hybridized carbons (Fsp3) is 0.143. The van der Waals surface area contributed by atoms with E-state index in [4.69, 9.17) is 13.3 Å². The van der Waals surface area contributed by atoms with Gasteiger partial charge in [-0.3, -0.25) is 0 Å². The molecule has 0 spiro atoms. The standard InChI is InChI=1S/C8H10AsNO5.C6H7NO2/c1-5(11)10-6-2-3-8(12)7(4-6)9(13,14)15;1-7-4-2-3-5(7)6(8)9/h2-4,12H,1H3,(H,10,11)(H2,13,14,15);2-4H,1H3,(H,8,9). The molecule has 24 heavy (non-hydrogen) atoms. The van der Waals surface area contributed by atoms with Gasteiger partial charge in [0.05, 0.1) is 0 Å². The van der Waals surface area contributed by atoms with Crippen molar-refractivity contribution >= 4 is 36.1 Å². The number of anilines is 1. The summed E-state index contributed by atoms with van der Waals surface area (Å²) in [6.45, 7) is 1.27. The molecule has 0 aliphatic carbocycles. The van der Waals surface area contributed by atoms with E-state index in [1.807, 2.05) is 0 Å². The molecule has 0 radical (unpaired) electrons. The monoisotopic (exact) mass is 400 g/mol. The van der Waals surface area contributed by atoms with Crippen molar-refractivity contribution in [1.82, 2.24) is 4.57 Å². The van der Waals surface area contributed by atoms with Gasteiger partial charge in [0.15, 0.2) is 0 Å². The smallest absolute Gasteiger partial charge is 0.352 e. The maximum atomic E-state index is 11.0. The molecule has 9 nitrogen and oxygen atoms in total. The van der Waals surface area contributed by atoms with Crippen molar-refractivity contribution in [2.75, 3.05) is 5.32 Å². The first-order valence-electron chi connectivity index (χ1n) is 6.53. The number of hydrogen-bond acceptors (Lipinski definition) is 4. The number of aromatic hydroxyl groups is 1. The van der Waals surface area contributed by atoms with Gasteiger partial charge in [0, 0.05) is 13.2 Å². The van der Waals surface area contributed by atoms with Gasteiger partial charge in [-0.25, -0.2) is 4.79 Å². The largest absolute Gasteiger partial charge is 0.477 e. The van der Waals surface area contributed by atoms with E-state index in [9.17, 15) is 18.4 Å². The van der Waals surface area contributed by atoms with E-state index in [2.05, 4.69) is 5.32 Å². The van der Waals surface area contributed by atoms with Crippen LogP contribution in [-0.4, -0.2) is 49.0 Å². The molecule has 1 aromatic heterocycles. The quantitative estimate of drug-likeness (QED) is 0.349. The van der Waals surface area contributed by atoms with Crippen molar-refractivity contribution in [3.8, 4) is 5.75 Å². The van der Waals surface area contributed by atoms with E-state index in [0.717, 1.165) is 12.1 Å². The number of phenolic OH excluding ortho intramolecular Hbond substituents is 1. The topological polar surface area (TPSA) is 149 Å². The summed E-state index contributed by atoms with van der Waals surface area (Å²) in [5.74, 6) is -1.72. The minimum Gasteiger partial charge on any atom is -0.477 e. The number of carbonyl (C=O) groups is 2. The first kappa shape index (κ1) is 19.6. The molecule has 2 rings (SSSR count). The van der Waals surface area contributed by atoms with Crippen LogP contribution in [-0.2, 0) is 15.6 Å². The molecular weight excluding hydrogens is 383 g/mol. The molecule has 1 amide bonds. The number of aromatic carboxylic acids is 1. The Labute approximate surface area is 140 Å². The Morgan fingerprint density at radius 3 is 2.21 bits per heavy atom. The van der Waals surface area contributed by atoms with Crippen LogP contribution in [0.4, 0.5) is 5.69 Å². The predicted molar refractivity (Wildman–Crippen MR) is 85.3 cm³/mol. The molecule has 0 aliphatic heterocycles. The van der Waals surface area contributed by atoms with Gasteiger partial charge in [0.1, 0.15) is 5.69 Å². The molecule has 2 aromatic rings. The van der Waals surface area contributed by atoms with Crippen molar-refractivity contribution in [1.29, 1.82) is 0 Å². The van der Waals surface area contributed by atoms with Gasteiger partial charge in [-0.15, -0.1) is 0 Å². The first-order valence-corrected chi connectivity index (χ1v) is 9.92. The molecular formula is C14H17AsN2O7. The summed E-state index contributed by atoms with van der Waals surface area (Å²) in [7, 11) is 1.70. The summed E-state index contributed by atoms with van der Waals surface area (Å²) in [6, 6.07) is 6.80. The van der Waals surface area contributed by atoms with Crippen LogP contribution < -0.4 is 9.67 Å². The average molecular weight is 400 g/mol. The molecule has 130 valence electrons. The van der Waals surface area contributed by atoms with E-state index in [1.165, 1.54) is 13.0 Å². The van der Waals surface area contributed by atoms with Gasteiger partial charge < -0.3 is 9.67 Å². The summed E-state index contributed by atoms with van der Waals surface area (Å²) >= 11 is -5.15. The Bertz CT molecular complexity index is 794. The molecule has 5 N–H and O–H groups in total. The molecule has 0 unspecified atom stereocenters. The summed E-state index contributed by atoms with van der Waals surface area (Å²) in [6.07, 6.45) is 1.70. The summed E-state index contributed by atoms with van der Waals surface area (Å²) in [4.78, 5) is 21.0. The number of carboxylic acids is 1. The normalized spacial score (nSPS) is 10.5. The fourth-order valence-corrected chi connectivity index (χ4v) is 3.15. The number of nitrogens with one attached hydrogen (secondary N) is 1. The molecule has 0 saturated carbocycles. The van der Waals surface area contributed by atoms with Crippen LogP contribution in [0.2, 0.25) is 0 Å². The van der Waals surface area contributed by atoms with Gasteiger partial charge in [0.25, 0.3) is 0 Å². The van der Waals surface area contributed by atoms with Crippen molar-refractivity contribution in [2.24, 2.45) is 7.05 Å². The molecule has 1 heterocycles. The van der Waals surface area contributed by atoms with E-state index < -0.39 is 30.2 Å². The van der Waals surface area contributed by atoms with Crippen LogP contribution in [0, 0.1) is 0 Å². The molecule has 1 aromatic carbocycles. The molecule has 0 fully saturated rings. The molecule has 0 atom stereocenters. The Hall–Kier alpha value is -2.48. The number of benzene rings is 1. The van der Waals surface area contributed by atoms with Gasteiger partial charge in [-0.2, -0.15) is 0 Å². The number of rotatable bonds is 3. The summed E-state index contributed by atoms with van der Waals surface area (Å²) in [5.41, 5.74) is 0.551. The minimum absolute atomic E-state index is 0.236. The summed E-state index contributed by atoms with van der Waals surface area (Å²) in [5, 5.41) is 20.0. The zero-order valence-corrected chi connectivity index (χ0v) is 14.7. The Morgan fingerprint density at radius 2 is 1.83 bits per heavy atom. The Kier molecular flexibility index (Phi) is 6.41. The molecule has 0 bridgehead atoms. The zero-order valence-electron chi connectivity index (χ0n) is 12.9. The van der Waals surface area contributed by atoms with Gasteiger partial charge in [0.2, 0.25) is 0 Å². The number of carboxylic acid groups (broad SMARTS) is 1. The van der Waals surface area contributed by atoms with Gasteiger partial charge in [-0.1, -0.05) is 0 Å². The van der Waals surface area contributed by atoms with Crippen LogP contribution in [0.15, 0.2) is 36.5 Å². The number of aromatic nitrogens is 1. The third-order valence-electron chi connectivity index (χ3n) is 2.77. The second-order valence-corrected chi connectivity index (χ2v) is 8.03. The fourth-order valence-electron chi connectivity index (χ4n) is 1.72. The Morgan fingerprint density at radius 1 is 1.21 bits per heavy atom. The van der Waals surface area contributed by atoms with Crippen LogP contribution in [0.5, 0.6) is 5.75 Å². The number of carbonyl (C=O) groups excluding carboxylic acids is 1. The average Bonchev–Trinajstić information content (AvgIpc) is 2.86. The van der Waals surface area contributed by atoms with Crippen LogP contribution in [0.3, 0.4) is 0 Å². The minimum atomic E-state index is -5.15. The second-order valence-electron chi connectivity index (χ2n) is 4.74. The van der Waals surface area contributed by atoms with Crippen LogP contribution in [0.1, 0.15) is 17.4 Å². The number of phenols is 1. The van der Waals surface area contributed by atoms with Crippen molar-refractivity contribution in [3.05, 3.63) is 42.2 Å². The SMILES string of the molecule is CC(=O)Nc1ccc(O)c([As](=O)(O)O)c1.Cn1cccc1C(=O)O. The number of aryl methyl sites for hydroxylation is 1. The number of nitrogens with zero attached hydrogens (tertiary/aromatic N) is 1. The van der Waals surface area contributed by atoms with E-state index in [1.54, 1.807) is 29.9 Å². The zero-order chi connectivity index (χ0) is 18.5. The van der Waals surface area contributed by atoms with E-state index in [-0.39, 0.29) is 11.6 Å². The van der Waals surface area contributed by atoms with Crippen molar-refractivity contribution in [2.45, 2.75) is 6.92 Å².